The predicted octanol–water partition coefficient (Wildman–Crippen LogP) is 4.29. The molecule has 0 saturated heterocycles. The summed E-state index contributed by atoms with van der Waals surface area (Å²) in [6, 6.07) is 16.2. The highest BCUT2D eigenvalue weighted by Gasteiger charge is 2.21. The molecule has 1 amide bonds. The van der Waals surface area contributed by atoms with E-state index in [1.807, 2.05) is 30.3 Å². The minimum Gasteiger partial charge on any atom is -0.497 e. The molecule has 0 atom stereocenters. The number of nitrogens with zero attached hydrogens (tertiary/aromatic N) is 2. The first-order valence-corrected chi connectivity index (χ1v) is 10.1. The lowest BCUT2D eigenvalue weighted by Gasteiger charge is -2.20. The number of imidazole rings is 1. The van der Waals surface area contributed by atoms with Crippen molar-refractivity contribution in [3.05, 3.63) is 59.9 Å². The van der Waals surface area contributed by atoms with Crippen LogP contribution in [0.2, 0.25) is 0 Å². The van der Waals surface area contributed by atoms with E-state index in [0.717, 1.165) is 48.3 Å². The largest absolute Gasteiger partial charge is 0.497 e. The van der Waals surface area contributed by atoms with E-state index in [2.05, 4.69) is 28.1 Å². The van der Waals surface area contributed by atoms with Crippen LogP contribution in [0.25, 0.3) is 11.0 Å². The molecule has 5 heteroatoms. The molecule has 1 N–H and O–H groups in total. The Bertz CT molecular complexity index is 940. The quantitative estimate of drug-likeness (QED) is 0.697. The van der Waals surface area contributed by atoms with Crippen LogP contribution in [0.3, 0.4) is 0 Å². The maximum absolute atomic E-state index is 12.6. The molecule has 0 bridgehead atoms. The first kappa shape index (κ1) is 18.5. The van der Waals surface area contributed by atoms with E-state index in [-0.39, 0.29) is 11.8 Å². The van der Waals surface area contributed by atoms with Crippen LogP contribution in [0.4, 0.5) is 0 Å². The summed E-state index contributed by atoms with van der Waals surface area (Å²) >= 11 is 0. The van der Waals surface area contributed by atoms with Crippen LogP contribution >= 0.6 is 0 Å². The Kier molecular flexibility index (Phi) is 5.60. The van der Waals surface area contributed by atoms with Crippen LogP contribution in [0.5, 0.6) is 5.75 Å². The number of fused-ring (bicyclic) bond motifs is 1. The number of para-hydroxylation sites is 2. The fourth-order valence-corrected chi connectivity index (χ4v) is 4.03. The highest BCUT2D eigenvalue weighted by atomic mass is 16.5. The van der Waals surface area contributed by atoms with Gasteiger partial charge in [-0.25, -0.2) is 4.98 Å². The molecule has 1 aliphatic rings. The number of hydrogen-bond acceptors (Lipinski definition) is 3. The summed E-state index contributed by atoms with van der Waals surface area (Å²) in [5.74, 6) is 2.07. The van der Waals surface area contributed by atoms with Crippen LogP contribution in [0, 0.1) is 5.92 Å². The number of rotatable bonds is 6. The molecule has 2 aromatic carbocycles. The van der Waals surface area contributed by atoms with Gasteiger partial charge in [-0.05, 0) is 42.7 Å². The van der Waals surface area contributed by atoms with Crippen molar-refractivity contribution >= 4 is 16.9 Å². The van der Waals surface area contributed by atoms with Gasteiger partial charge < -0.3 is 14.6 Å². The number of carbonyl (C=O) groups is 1. The number of nitrogens with one attached hydrogen (secondary N) is 1. The second-order valence-electron chi connectivity index (χ2n) is 7.50. The van der Waals surface area contributed by atoms with Crippen molar-refractivity contribution in [2.24, 2.45) is 5.92 Å². The SMILES string of the molecule is COc1ccc(Cn2c(CNC(=O)C3CCCCC3)nc3ccccc32)cc1. The standard InChI is InChI=1S/C23H27N3O2/c1-28-19-13-11-17(12-14-19)16-26-21-10-6-5-9-20(21)25-22(26)15-24-23(27)18-7-3-2-4-8-18/h5-6,9-14,18H,2-4,7-8,15-16H2,1H3,(H,24,27). The Hall–Kier alpha value is -2.82. The summed E-state index contributed by atoms with van der Waals surface area (Å²) in [5, 5.41) is 3.13. The third kappa shape index (κ3) is 4.03. The lowest BCUT2D eigenvalue weighted by atomic mass is 9.89. The van der Waals surface area contributed by atoms with Crippen LogP contribution in [-0.4, -0.2) is 22.6 Å². The molecule has 5 nitrogen and oxygen atoms in total. The zero-order valence-corrected chi connectivity index (χ0v) is 16.4. The zero-order valence-electron chi connectivity index (χ0n) is 16.4. The van der Waals surface area contributed by atoms with Gasteiger partial charge in [-0.15, -0.1) is 0 Å². The Labute approximate surface area is 165 Å². The molecule has 4 rings (SSSR count). The van der Waals surface area contributed by atoms with Gasteiger partial charge in [-0.1, -0.05) is 43.5 Å². The average molecular weight is 377 g/mol. The van der Waals surface area contributed by atoms with E-state index in [4.69, 9.17) is 9.72 Å². The van der Waals surface area contributed by atoms with E-state index in [1.54, 1.807) is 7.11 Å². The molecule has 1 fully saturated rings. The Balaban J connectivity index is 1.55. The maximum Gasteiger partial charge on any atom is 0.223 e. The Morgan fingerprint density at radius 1 is 1.11 bits per heavy atom. The smallest absolute Gasteiger partial charge is 0.223 e. The Morgan fingerprint density at radius 2 is 1.86 bits per heavy atom. The van der Waals surface area contributed by atoms with Gasteiger partial charge in [0, 0.05) is 12.5 Å². The lowest BCUT2D eigenvalue weighted by Crippen LogP contribution is -2.32. The molecule has 1 aliphatic carbocycles. The van der Waals surface area contributed by atoms with E-state index in [9.17, 15) is 4.79 Å². The molecule has 1 saturated carbocycles. The number of amides is 1. The molecular weight excluding hydrogens is 350 g/mol. The van der Waals surface area contributed by atoms with Crippen molar-refractivity contribution < 1.29 is 9.53 Å². The molecule has 3 aromatic rings. The van der Waals surface area contributed by atoms with Crippen molar-refractivity contribution in [3.8, 4) is 5.75 Å². The van der Waals surface area contributed by atoms with E-state index >= 15 is 0 Å². The summed E-state index contributed by atoms with van der Waals surface area (Å²) in [6.45, 7) is 1.17. The maximum atomic E-state index is 12.6. The number of hydrogen-bond donors (Lipinski definition) is 1. The van der Waals surface area contributed by atoms with Crippen molar-refractivity contribution in [1.82, 2.24) is 14.9 Å². The first-order valence-electron chi connectivity index (χ1n) is 10.1. The molecule has 28 heavy (non-hydrogen) atoms. The molecule has 0 unspecified atom stereocenters. The van der Waals surface area contributed by atoms with Gasteiger partial charge in [0.05, 0.1) is 24.7 Å². The summed E-state index contributed by atoms with van der Waals surface area (Å²) in [4.78, 5) is 17.3. The van der Waals surface area contributed by atoms with Gasteiger partial charge >= 0.3 is 0 Å². The number of ether oxygens (including phenoxy) is 1. The minimum atomic E-state index is 0.160. The van der Waals surface area contributed by atoms with E-state index in [1.165, 1.54) is 12.0 Å². The van der Waals surface area contributed by atoms with Gasteiger partial charge in [0.2, 0.25) is 5.91 Å². The molecule has 0 spiro atoms. The highest BCUT2D eigenvalue weighted by Crippen LogP contribution is 2.24. The zero-order chi connectivity index (χ0) is 19.3. The Morgan fingerprint density at radius 3 is 2.61 bits per heavy atom. The number of methoxy groups -OCH3 is 1. The van der Waals surface area contributed by atoms with Gasteiger partial charge in [-0.2, -0.15) is 0 Å². The van der Waals surface area contributed by atoms with Gasteiger partial charge in [0.15, 0.2) is 0 Å². The van der Waals surface area contributed by atoms with Gasteiger partial charge in [0.1, 0.15) is 11.6 Å². The molecular formula is C23H27N3O2. The van der Waals surface area contributed by atoms with E-state index < -0.39 is 0 Å². The third-order valence-corrected chi connectivity index (χ3v) is 5.63. The summed E-state index contributed by atoms with van der Waals surface area (Å²) in [5.41, 5.74) is 3.21. The first-order chi connectivity index (χ1) is 13.7. The number of aromatic nitrogens is 2. The summed E-state index contributed by atoms with van der Waals surface area (Å²) < 4.78 is 7.45. The van der Waals surface area contributed by atoms with Crippen molar-refractivity contribution in [2.45, 2.75) is 45.2 Å². The second-order valence-corrected chi connectivity index (χ2v) is 7.50. The van der Waals surface area contributed by atoms with Crippen LogP contribution < -0.4 is 10.1 Å². The topological polar surface area (TPSA) is 56.1 Å². The van der Waals surface area contributed by atoms with Gasteiger partial charge in [-0.3, -0.25) is 4.79 Å². The molecule has 1 aromatic heterocycles. The van der Waals surface area contributed by atoms with Crippen molar-refractivity contribution in [1.29, 1.82) is 0 Å². The molecule has 1 heterocycles. The fourth-order valence-electron chi connectivity index (χ4n) is 4.03. The molecule has 0 aliphatic heterocycles. The van der Waals surface area contributed by atoms with E-state index in [0.29, 0.717) is 13.1 Å². The van der Waals surface area contributed by atoms with Gasteiger partial charge in [0.25, 0.3) is 0 Å². The van der Waals surface area contributed by atoms with Crippen LogP contribution in [-0.2, 0) is 17.9 Å². The highest BCUT2D eigenvalue weighted by molar-refractivity contribution is 5.79. The number of carbonyl (C=O) groups excluding carboxylic acids is 1. The third-order valence-electron chi connectivity index (χ3n) is 5.63. The normalized spacial score (nSPS) is 14.9. The molecule has 0 radical (unpaired) electrons. The minimum absolute atomic E-state index is 0.160. The summed E-state index contributed by atoms with van der Waals surface area (Å²) in [7, 11) is 1.67. The fraction of sp³-hybridized carbons (Fsp3) is 0.391. The number of benzene rings is 2. The predicted molar refractivity (Wildman–Crippen MR) is 110 cm³/mol. The van der Waals surface area contributed by atoms with Crippen molar-refractivity contribution in [3.63, 3.8) is 0 Å². The lowest BCUT2D eigenvalue weighted by molar-refractivity contribution is -0.126. The second kappa shape index (κ2) is 8.46. The molecule has 146 valence electrons. The monoisotopic (exact) mass is 377 g/mol. The van der Waals surface area contributed by atoms with Crippen LogP contribution in [0.15, 0.2) is 48.5 Å². The van der Waals surface area contributed by atoms with Crippen molar-refractivity contribution in [2.75, 3.05) is 7.11 Å². The summed E-state index contributed by atoms with van der Waals surface area (Å²) in [6.07, 6.45) is 5.59. The average Bonchev–Trinajstić information content (AvgIpc) is 3.10. The van der Waals surface area contributed by atoms with Crippen LogP contribution in [0.1, 0.15) is 43.5 Å².